The maximum Gasteiger partial charge on any atom is 0.239 e. The highest BCUT2D eigenvalue weighted by Gasteiger charge is 2.33. The van der Waals surface area contributed by atoms with Gasteiger partial charge in [-0.2, -0.15) is 5.10 Å². The molecule has 0 saturated carbocycles. The number of amides is 1. The monoisotopic (exact) mass is 441 g/mol. The molecule has 8 heteroatoms. The molecule has 0 spiro atoms. The molecule has 3 rings (SSSR count). The van der Waals surface area contributed by atoms with E-state index in [4.69, 9.17) is 5.73 Å². The lowest BCUT2D eigenvalue weighted by Gasteiger charge is -2.22. The lowest BCUT2D eigenvalue weighted by molar-refractivity contribution is -0.117. The van der Waals surface area contributed by atoms with Crippen LogP contribution in [0.15, 0.2) is 36.5 Å². The minimum absolute atomic E-state index is 0. The Morgan fingerprint density at radius 1 is 1.24 bits per heavy atom. The fourth-order valence-electron chi connectivity index (χ4n) is 3.56. The van der Waals surface area contributed by atoms with Gasteiger partial charge in [0.05, 0.1) is 19.3 Å². The van der Waals surface area contributed by atoms with Crippen LogP contribution in [-0.2, 0) is 11.3 Å². The highest BCUT2D eigenvalue weighted by molar-refractivity contribution is 5.91. The molecule has 0 aliphatic carbocycles. The van der Waals surface area contributed by atoms with Gasteiger partial charge in [-0.3, -0.25) is 9.69 Å². The van der Waals surface area contributed by atoms with E-state index < -0.39 is 0 Å². The van der Waals surface area contributed by atoms with Gasteiger partial charge in [0.25, 0.3) is 0 Å². The normalized spacial score (nSPS) is 18.9. The molecule has 1 aliphatic rings. The van der Waals surface area contributed by atoms with E-state index in [1.807, 2.05) is 10.7 Å². The molecular formula is C21H33Cl2N5O. The van der Waals surface area contributed by atoms with Gasteiger partial charge in [0, 0.05) is 12.6 Å². The third-order valence-electron chi connectivity index (χ3n) is 5.46. The Bertz CT molecular complexity index is 778. The van der Waals surface area contributed by atoms with Crippen molar-refractivity contribution < 1.29 is 4.79 Å². The van der Waals surface area contributed by atoms with Crippen molar-refractivity contribution >= 4 is 36.5 Å². The van der Waals surface area contributed by atoms with E-state index in [0.717, 1.165) is 30.9 Å². The molecular weight excluding hydrogens is 409 g/mol. The summed E-state index contributed by atoms with van der Waals surface area (Å²) in [6, 6.07) is 10.4. The second-order valence-corrected chi connectivity index (χ2v) is 8.29. The van der Waals surface area contributed by atoms with E-state index >= 15 is 0 Å². The summed E-state index contributed by atoms with van der Waals surface area (Å²) in [5.74, 6) is 1.24. The van der Waals surface area contributed by atoms with Gasteiger partial charge < -0.3 is 11.1 Å². The molecule has 1 amide bonds. The van der Waals surface area contributed by atoms with E-state index in [9.17, 15) is 4.79 Å². The molecule has 1 atom stereocenters. The number of nitrogens with two attached hydrogens (primary N) is 1. The summed E-state index contributed by atoms with van der Waals surface area (Å²) < 4.78 is 1.83. The summed E-state index contributed by atoms with van der Waals surface area (Å²) in [4.78, 5) is 14.6. The highest BCUT2D eigenvalue weighted by Crippen LogP contribution is 2.28. The zero-order chi connectivity index (χ0) is 19.4. The quantitative estimate of drug-likeness (QED) is 0.688. The number of hydrogen-bond acceptors (Lipinski definition) is 4. The summed E-state index contributed by atoms with van der Waals surface area (Å²) in [6.07, 6.45) is 2.76. The third kappa shape index (κ3) is 6.71. The van der Waals surface area contributed by atoms with Gasteiger partial charge in [-0.1, -0.05) is 45.0 Å². The van der Waals surface area contributed by atoms with Crippen LogP contribution in [0.3, 0.4) is 0 Å². The van der Waals surface area contributed by atoms with E-state index in [2.05, 4.69) is 60.4 Å². The van der Waals surface area contributed by atoms with E-state index in [1.54, 1.807) is 6.20 Å². The second kappa shape index (κ2) is 11.0. The molecule has 1 saturated heterocycles. The average Bonchev–Trinajstić information content (AvgIpc) is 3.22. The number of hydrogen-bond donors (Lipinski definition) is 2. The number of halogens is 2. The van der Waals surface area contributed by atoms with Crippen LogP contribution in [0.25, 0.3) is 0 Å². The summed E-state index contributed by atoms with van der Waals surface area (Å²) >= 11 is 0. The van der Waals surface area contributed by atoms with Gasteiger partial charge in [-0.15, -0.1) is 24.8 Å². The first kappa shape index (κ1) is 25.4. The second-order valence-electron chi connectivity index (χ2n) is 8.29. The van der Waals surface area contributed by atoms with Crippen LogP contribution in [0, 0.1) is 5.41 Å². The molecule has 29 heavy (non-hydrogen) atoms. The Balaban J connectivity index is 0.00000210. The van der Waals surface area contributed by atoms with E-state index in [0.29, 0.717) is 25.6 Å². The van der Waals surface area contributed by atoms with Crippen molar-refractivity contribution in [1.82, 2.24) is 14.7 Å². The van der Waals surface area contributed by atoms with Crippen molar-refractivity contribution in [3.05, 3.63) is 47.7 Å². The minimum atomic E-state index is -0.00632. The molecule has 6 nitrogen and oxygen atoms in total. The lowest BCUT2D eigenvalue weighted by Crippen LogP contribution is -2.35. The van der Waals surface area contributed by atoms with Crippen molar-refractivity contribution in [2.24, 2.45) is 11.1 Å². The number of benzene rings is 1. The number of nitrogens with one attached hydrogen (secondary N) is 1. The van der Waals surface area contributed by atoms with Crippen LogP contribution >= 0.6 is 24.8 Å². The Morgan fingerprint density at radius 3 is 2.52 bits per heavy atom. The minimum Gasteiger partial charge on any atom is -0.330 e. The zero-order valence-corrected chi connectivity index (χ0v) is 19.1. The SMILES string of the molecule is CC(C)c1ccc(Cn2nccc2NC(=O)CN2CCC(C)(CN)C2)cc1.Cl.Cl. The highest BCUT2D eigenvalue weighted by atomic mass is 35.5. The van der Waals surface area contributed by atoms with Crippen LogP contribution in [0.2, 0.25) is 0 Å². The van der Waals surface area contributed by atoms with Crippen LogP contribution in [-0.4, -0.2) is 46.8 Å². The van der Waals surface area contributed by atoms with Gasteiger partial charge in [-0.25, -0.2) is 4.68 Å². The lowest BCUT2D eigenvalue weighted by atomic mass is 9.90. The molecule has 1 aromatic carbocycles. The maximum atomic E-state index is 12.5. The number of likely N-dealkylation sites (tertiary alicyclic amines) is 1. The summed E-state index contributed by atoms with van der Waals surface area (Å²) in [7, 11) is 0. The van der Waals surface area contributed by atoms with Crippen LogP contribution in [0.5, 0.6) is 0 Å². The molecule has 0 radical (unpaired) electrons. The van der Waals surface area contributed by atoms with E-state index in [1.165, 1.54) is 5.56 Å². The summed E-state index contributed by atoms with van der Waals surface area (Å²) in [6.45, 7) is 10.0. The summed E-state index contributed by atoms with van der Waals surface area (Å²) in [5.41, 5.74) is 8.47. The average molecular weight is 442 g/mol. The molecule has 0 bridgehead atoms. The molecule has 3 N–H and O–H groups in total. The first-order valence-electron chi connectivity index (χ1n) is 9.71. The van der Waals surface area contributed by atoms with Crippen molar-refractivity contribution in [2.45, 2.75) is 39.7 Å². The van der Waals surface area contributed by atoms with Crippen LogP contribution in [0.4, 0.5) is 5.82 Å². The first-order valence-corrected chi connectivity index (χ1v) is 9.71. The van der Waals surface area contributed by atoms with Crippen molar-refractivity contribution in [1.29, 1.82) is 0 Å². The number of carbonyl (C=O) groups excluding carboxylic acids is 1. The predicted octanol–water partition coefficient (Wildman–Crippen LogP) is 3.51. The molecule has 162 valence electrons. The number of carbonyl (C=O) groups is 1. The van der Waals surface area contributed by atoms with Crippen molar-refractivity contribution in [2.75, 3.05) is 31.5 Å². The molecule has 2 aromatic rings. The fourth-order valence-corrected chi connectivity index (χ4v) is 3.56. The maximum absolute atomic E-state index is 12.5. The molecule has 2 heterocycles. The topological polar surface area (TPSA) is 76.2 Å². The van der Waals surface area contributed by atoms with Gasteiger partial charge in [0.15, 0.2) is 0 Å². The van der Waals surface area contributed by atoms with Gasteiger partial charge in [-0.05, 0) is 42.0 Å². The Morgan fingerprint density at radius 2 is 1.93 bits per heavy atom. The summed E-state index contributed by atoms with van der Waals surface area (Å²) in [5, 5.41) is 7.36. The van der Waals surface area contributed by atoms with Crippen molar-refractivity contribution in [3.63, 3.8) is 0 Å². The smallest absolute Gasteiger partial charge is 0.239 e. The van der Waals surface area contributed by atoms with Gasteiger partial charge in [0.2, 0.25) is 5.91 Å². The standard InChI is InChI=1S/C21H31N5O.2ClH/c1-16(2)18-6-4-17(5-7-18)12-26-19(8-10-23-26)24-20(27)13-25-11-9-21(3,14-22)15-25;;/h4-8,10,16H,9,11-15,22H2,1-3H3,(H,24,27);2*1H. The molecule has 1 aliphatic heterocycles. The fraction of sp³-hybridized carbons (Fsp3) is 0.524. The Kier molecular flexibility index (Phi) is 9.62. The predicted molar refractivity (Wildman–Crippen MR) is 123 cm³/mol. The van der Waals surface area contributed by atoms with E-state index in [-0.39, 0.29) is 36.1 Å². The number of nitrogens with zero attached hydrogens (tertiary/aromatic N) is 3. The number of rotatable bonds is 7. The third-order valence-corrected chi connectivity index (χ3v) is 5.46. The number of anilines is 1. The van der Waals surface area contributed by atoms with Crippen molar-refractivity contribution in [3.8, 4) is 0 Å². The molecule has 1 unspecified atom stereocenters. The largest absolute Gasteiger partial charge is 0.330 e. The zero-order valence-electron chi connectivity index (χ0n) is 17.4. The van der Waals surface area contributed by atoms with Gasteiger partial charge in [0.1, 0.15) is 5.82 Å². The molecule has 1 fully saturated rings. The Labute approximate surface area is 186 Å². The molecule has 1 aromatic heterocycles. The van der Waals surface area contributed by atoms with Crippen LogP contribution in [0.1, 0.15) is 44.2 Å². The van der Waals surface area contributed by atoms with Gasteiger partial charge >= 0.3 is 0 Å². The van der Waals surface area contributed by atoms with Crippen LogP contribution < -0.4 is 11.1 Å². The first-order chi connectivity index (χ1) is 12.9. The number of aromatic nitrogens is 2. The Hall–Kier alpha value is -1.60.